The van der Waals surface area contributed by atoms with E-state index in [0.29, 0.717) is 30.5 Å². The van der Waals surface area contributed by atoms with E-state index in [1.54, 1.807) is 7.05 Å². The fourth-order valence-corrected chi connectivity index (χ4v) is 3.69. The lowest BCUT2D eigenvalue weighted by Gasteiger charge is -2.11. The Morgan fingerprint density at radius 2 is 1.93 bits per heavy atom. The molecule has 1 aromatic carbocycles. The summed E-state index contributed by atoms with van der Waals surface area (Å²) in [5.41, 5.74) is 2.73. The SMILES string of the molecule is CN=C(NCCc1nc(C(F)(F)F)cs1)NCCc1c[nH]c2cc(C)ccc12.I. The van der Waals surface area contributed by atoms with E-state index < -0.39 is 11.9 Å². The van der Waals surface area contributed by atoms with Gasteiger partial charge in [0, 0.05) is 49.0 Å². The second kappa shape index (κ2) is 10.3. The number of benzene rings is 1. The summed E-state index contributed by atoms with van der Waals surface area (Å²) in [4.78, 5) is 11.1. The summed E-state index contributed by atoms with van der Waals surface area (Å²) in [5, 5.41) is 9.04. The van der Waals surface area contributed by atoms with Gasteiger partial charge in [0.05, 0.1) is 5.01 Å². The van der Waals surface area contributed by atoms with Crippen LogP contribution in [0.1, 0.15) is 21.8 Å². The second-order valence-corrected chi connectivity index (χ2v) is 7.36. The zero-order chi connectivity index (χ0) is 20.1. The standard InChI is InChI=1S/C19H22F3N5S.HI/c1-12-3-4-14-13(10-26-15(14)9-12)5-7-24-18(23-2)25-8-6-17-27-16(11-28-17)19(20,21)22;/h3-4,9-11,26H,5-8H2,1-2H3,(H2,23,24,25);1H. The molecule has 0 radical (unpaired) electrons. The van der Waals surface area contributed by atoms with Crippen LogP contribution in [0, 0.1) is 6.92 Å². The molecule has 0 saturated carbocycles. The third kappa shape index (κ3) is 6.33. The molecule has 5 nitrogen and oxygen atoms in total. The molecule has 2 aromatic heterocycles. The lowest BCUT2D eigenvalue weighted by atomic mass is 10.1. The minimum atomic E-state index is -4.39. The number of hydrogen-bond acceptors (Lipinski definition) is 3. The molecule has 158 valence electrons. The number of aryl methyl sites for hydroxylation is 1. The quantitative estimate of drug-likeness (QED) is 0.246. The number of alkyl halides is 3. The summed E-state index contributed by atoms with van der Waals surface area (Å²) in [6.07, 6.45) is -1.14. The van der Waals surface area contributed by atoms with Crippen molar-refractivity contribution in [1.29, 1.82) is 0 Å². The van der Waals surface area contributed by atoms with Crippen LogP contribution in [0.2, 0.25) is 0 Å². The zero-order valence-electron chi connectivity index (χ0n) is 16.1. The van der Waals surface area contributed by atoms with Gasteiger partial charge >= 0.3 is 6.18 Å². The maximum Gasteiger partial charge on any atom is 0.434 e. The van der Waals surface area contributed by atoms with E-state index in [1.165, 1.54) is 16.5 Å². The van der Waals surface area contributed by atoms with Crippen LogP contribution in [0.25, 0.3) is 10.9 Å². The van der Waals surface area contributed by atoms with E-state index in [4.69, 9.17) is 0 Å². The number of aromatic nitrogens is 2. The summed E-state index contributed by atoms with van der Waals surface area (Å²) in [6, 6.07) is 6.33. The molecular weight excluding hydrogens is 514 g/mol. The van der Waals surface area contributed by atoms with E-state index in [0.717, 1.165) is 28.7 Å². The van der Waals surface area contributed by atoms with Crippen LogP contribution in [0.15, 0.2) is 34.8 Å². The molecule has 0 aliphatic heterocycles. The molecule has 0 aliphatic carbocycles. The van der Waals surface area contributed by atoms with Gasteiger partial charge in [-0.15, -0.1) is 35.3 Å². The van der Waals surface area contributed by atoms with Crippen molar-refractivity contribution in [2.24, 2.45) is 4.99 Å². The van der Waals surface area contributed by atoms with E-state index in [9.17, 15) is 13.2 Å². The van der Waals surface area contributed by atoms with Crippen molar-refractivity contribution < 1.29 is 13.2 Å². The van der Waals surface area contributed by atoms with Crippen LogP contribution in [0.3, 0.4) is 0 Å². The highest BCUT2D eigenvalue weighted by Gasteiger charge is 2.33. The van der Waals surface area contributed by atoms with E-state index in [-0.39, 0.29) is 24.0 Å². The molecule has 0 bridgehead atoms. The second-order valence-electron chi connectivity index (χ2n) is 6.41. The number of nitrogens with one attached hydrogen (secondary N) is 3. The van der Waals surface area contributed by atoms with Gasteiger partial charge in [-0.25, -0.2) is 4.98 Å². The molecule has 0 unspecified atom stereocenters. The third-order valence-corrected chi connectivity index (χ3v) is 5.22. The zero-order valence-corrected chi connectivity index (χ0v) is 19.2. The Morgan fingerprint density at radius 1 is 1.21 bits per heavy atom. The van der Waals surface area contributed by atoms with Gasteiger partial charge in [0.2, 0.25) is 0 Å². The number of hydrogen-bond donors (Lipinski definition) is 3. The minimum absolute atomic E-state index is 0. The van der Waals surface area contributed by atoms with Gasteiger partial charge in [-0.3, -0.25) is 4.99 Å². The molecular formula is C19H23F3IN5S. The molecule has 0 aliphatic rings. The Morgan fingerprint density at radius 3 is 2.59 bits per heavy atom. The largest absolute Gasteiger partial charge is 0.434 e. The first-order valence-corrected chi connectivity index (χ1v) is 9.77. The normalized spacial score (nSPS) is 12.1. The van der Waals surface area contributed by atoms with Gasteiger partial charge < -0.3 is 15.6 Å². The number of aromatic amines is 1. The number of halogens is 4. The van der Waals surface area contributed by atoms with Gasteiger partial charge in [0.1, 0.15) is 0 Å². The average Bonchev–Trinajstić information content (AvgIpc) is 3.27. The van der Waals surface area contributed by atoms with Crippen molar-refractivity contribution in [2.45, 2.75) is 25.9 Å². The fourth-order valence-electron chi connectivity index (χ4n) is 2.89. The highest BCUT2D eigenvalue weighted by molar-refractivity contribution is 14.0. The molecule has 3 rings (SSSR count). The smallest absolute Gasteiger partial charge is 0.361 e. The Bertz CT molecular complexity index is 964. The molecule has 0 saturated heterocycles. The molecule has 0 atom stereocenters. The highest BCUT2D eigenvalue weighted by Crippen LogP contribution is 2.30. The average molecular weight is 537 g/mol. The van der Waals surface area contributed by atoms with E-state index in [1.807, 2.05) is 6.20 Å². The van der Waals surface area contributed by atoms with Crippen molar-refractivity contribution in [2.75, 3.05) is 20.1 Å². The van der Waals surface area contributed by atoms with Gasteiger partial charge in [0.25, 0.3) is 0 Å². The molecule has 2 heterocycles. The maximum absolute atomic E-state index is 12.6. The van der Waals surface area contributed by atoms with Crippen LogP contribution >= 0.6 is 35.3 Å². The van der Waals surface area contributed by atoms with Gasteiger partial charge in [-0.1, -0.05) is 12.1 Å². The van der Waals surface area contributed by atoms with E-state index in [2.05, 4.69) is 50.7 Å². The Labute approximate surface area is 188 Å². The van der Waals surface area contributed by atoms with Crippen LogP contribution < -0.4 is 10.6 Å². The number of guanidine groups is 1. The van der Waals surface area contributed by atoms with Gasteiger partial charge in [0.15, 0.2) is 11.7 Å². The molecule has 29 heavy (non-hydrogen) atoms. The van der Waals surface area contributed by atoms with Crippen molar-refractivity contribution in [3.63, 3.8) is 0 Å². The van der Waals surface area contributed by atoms with Crippen LogP contribution in [-0.2, 0) is 19.0 Å². The lowest BCUT2D eigenvalue weighted by Crippen LogP contribution is -2.39. The first-order valence-electron chi connectivity index (χ1n) is 8.89. The van der Waals surface area contributed by atoms with Crippen molar-refractivity contribution in [3.8, 4) is 0 Å². The summed E-state index contributed by atoms with van der Waals surface area (Å²) in [5.74, 6) is 0.614. The molecule has 0 spiro atoms. The highest BCUT2D eigenvalue weighted by atomic mass is 127. The van der Waals surface area contributed by atoms with Gasteiger partial charge in [-0.05, 0) is 30.5 Å². The predicted octanol–water partition coefficient (Wildman–Crippen LogP) is 4.52. The third-order valence-electron chi connectivity index (χ3n) is 4.31. The minimum Gasteiger partial charge on any atom is -0.361 e. The number of aliphatic imine (C=N–C) groups is 1. The predicted molar refractivity (Wildman–Crippen MR) is 122 cm³/mol. The van der Waals surface area contributed by atoms with Crippen molar-refractivity contribution >= 4 is 52.2 Å². The number of H-pyrrole nitrogens is 1. The Balaban J connectivity index is 0.00000300. The first-order chi connectivity index (χ1) is 13.4. The fraction of sp³-hybridized carbons (Fsp3) is 0.368. The topological polar surface area (TPSA) is 65.1 Å². The Hall–Kier alpha value is -1.82. The number of thiazole rings is 1. The van der Waals surface area contributed by atoms with Crippen LogP contribution in [0.5, 0.6) is 0 Å². The summed E-state index contributed by atoms with van der Waals surface area (Å²) >= 11 is 1.02. The van der Waals surface area contributed by atoms with Crippen LogP contribution in [0.4, 0.5) is 13.2 Å². The number of nitrogens with zero attached hydrogens (tertiary/aromatic N) is 2. The molecule has 0 fully saturated rings. The summed E-state index contributed by atoms with van der Waals surface area (Å²) < 4.78 is 37.7. The van der Waals surface area contributed by atoms with Crippen molar-refractivity contribution in [3.05, 3.63) is 51.6 Å². The summed E-state index contributed by atoms with van der Waals surface area (Å²) in [7, 11) is 1.66. The van der Waals surface area contributed by atoms with Gasteiger partial charge in [-0.2, -0.15) is 13.2 Å². The lowest BCUT2D eigenvalue weighted by molar-refractivity contribution is -0.140. The monoisotopic (exact) mass is 537 g/mol. The first kappa shape index (κ1) is 23.5. The number of fused-ring (bicyclic) bond motifs is 1. The maximum atomic E-state index is 12.6. The van der Waals surface area contributed by atoms with Crippen molar-refractivity contribution in [1.82, 2.24) is 20.6 Å². The summed E-state index contributed by atoms with van der Waals surface area (Å²) in [6.45, 7) is 3.21. The number of rotatable bonds is 6. The molecule has 3 N–H and O–H groups in total. The molecule has 10 heteroatoms. The molecule has 3 aromatic rings. The Kier molecular flexibility index (Phi) is 8.32. The molecule has 0 amide bonds. The van der Waals surface area contributed by atoms with E-state index >= 15 is 0 Å². The van der Waals surface area contributed by atoms with Crippen LogP contribution in [-0.4, -0.2) is 36.1 Å².